The Labute approximate surface area is 143 Å². The van der Waals surface area contributed by atoms with E-state index in [1.807, 2.05) is 27.7 Å². The largest absolute Gasteiger partial charge is 0.493 e. The maximum absolute atomic E-state index is 11.6. The Morgan fingerprint density at radius 3 is 2.62 bits per heavy atom. The molecule has 0 saturated heterocycles. The van der Waals surface area contributed by atoms with Gasteiger partial charge in [-0.2, -0.15) is 0 Å². The van der Waals surface area contributed by atoms with Crippen molar-refractivity contribution in [3.05, 3.63) is 18.2 Å². The fourth-order valence-corrected chi connectivity index (χ4v) is 1.78. The minimum Gasteiger partial charge on any atom is -0.493 e. The van der Waals surface area contributed by atoms with E-state index in [9.17, 15) is 4.79 Å². The highest BCUT2D eigenvalue weighted by molar-refractivity contribution is 5.67. The molecule has 6 nitrogen and oxygen atoms in total. The molecule has 1 atom stereocenters. The number of ether oxygens (including phenoxy) is 4. The zero-order valence-corrected chi connectivity index (χ0v) is 14.8. The Balaban J connectivity index is 2.56. The van der Waals surface area contributed by atoms with Gasteiger partial charge in [0.25, 0.3) is 0 Å². The van der Waals surface area contributed by atoms with Gasteiger partial charge in [0.15, 0.2) is 11.5 Å². The van der Waals surface area contributed by atoms with Gasteiger partial charge in [-0.25, -0.2) is 4.79 Å². The Morgan fingerprint density at radius 2 is 2.04 bits per heavy atom. The Bertz CT molecular complexity index is 586. The van der Waals surface area contributed by atoms with Crippen molar-refractivity contribution >= 4 is 6.09 Å². The molecule has 24 heavy (non-hydrogen) atoms. The fraction of sp³-hybridized carbons (Fsp3) is 0.500. The van der Waals surface area contributed by atoms with Crippen LogP contribution in [0, 0.1) is 12.3 Å². The van der Waals surface area contributed by atoms with Crippen molar-refractivity contribution in [3.8, 4) is 29.6 Å². The van der Waals surface area contributed by atoms with E-state index >= 15 is 0 Å². The van der Waals surface area contributed by atoms with E-state index in [0.717, 1.165) is 0 Å². The molecule has 0 aromatic heterocycles. The van der Waals surface area contributed by atoms with Crippen LogP contribution in [0.3, 0.4) is 0 Å². The molecule has 1 aromatic carbocycles. The van der Waals surface area contributed by atoms with Crippen LogP contribution in [0.2, 0.25) is 0 Å². The number of hydrogen-bond donors (Lipinski definition) is 1. The number of methoxy groups -OCH3 is 1. The van der Waals surface area contributed by atoms with Crippen LogP contribution in [-0.4, -0.2) is 38.1 Å². The van der Waals surface area contributed by atoms with Gasteiger partial charge < -0.3 is 24.3 Å². The van der Waals surface area contributed by atoms with Crippen LogP contribution < -0.4 is 19.5 Å². The van der Waals surface area contributed by atoms with Crippen LogP contribution in [0.4, 0.5) is 4.79 Å². The van der Waals surface area contributed by atoms with Crippen molar-refractivity contribution in [2.45, 2.75) is 39.4 Å². The molecule has 0 fully saturated rings. The molecule has 0 bridgehead atoms. The van der Waals surface area contributed by atoms with E-state index in [1.54, 1.807) is 18.2 Å². The van der Waals surface area contributed by atoms with Crippen LogP contribution in [0.15, 0.2) is 18.2 Å². The summed E-state index contributed by atoms with van der Waals surface area (Å²) in [4.78, 5) is 11.6. The van der Waals surface area contributed by atoms with E-state index in [-0.39, 0.29) is 12.7 Å². The molecule has 6 heteroatoms. The van der Waals surface area contributed by atoms with Crippen molar-refractivity contribution in [3.63, 3.8) is 0 Å². The van der Waals surface area contributed by atoms with E-state index in [2.05, 4.69) is 11.2 Å². The van der Waals surface area contributed by atoms with Gasteiger partial charge in [0.2, 0.25) is 0 Å². The molecule has 0 aliphatic heterocycles. The molecule has 0 aliphatic carbocycles. The SMILES string of the molecule is C#CCOc1ccc(OC(C)CNC(=O)OC(C)(C)C)cc1OC. The maximum Gasteiger partial charge on any atom is 0.407 e. The number of rotatable bonds is 7. The summed E-state index contributed by atoms with van der Waals surface area (Å²) in [6, 6.07) is 5.17. The molecule has 0 aliphatic rings. The second kappa shape index (κ2) is 8.92. The normalized spacial score (nSPS) is 11.8. The van der Waals surface area contributed by atoms with Gasteiger partial charge in [-0.15, -0.1) is 6.42 Å². The summed E-state index contributed by atoms with van der Waals surface area (Å²) in [6.45, 7) is 7.74. The molecule has 1 amide bonds. The molecule has 1 N–H and O–H groups in total. The first kappa shape index (κ1) is 19.5. The second-order valence-electron chi connectivity index (χ2n) is 6.12. The Hall–Kier alpha value is -2.55. The maximum atomic E-state index is 11.6. The lowest BCUT2D eigenvalue weighted by atomic mass is 10.2. The third-order valence-electron chi connectivity index (χ3n) is 2.72. The van der Waals surface area contributed by atoms with E-state index in [1.165, 1.54) is 7.11 Å². The zero-order chi connectivity index (χ0) is 18.2. The highest BCUT2D eigenvalue weighted by atomic mass is 16.6. The number of carbonyl (C=O) groups excluding carboxylic acids is 1. The number of carbonyl (C=O) groups is 1. The second-order valence-corrected chi connectivity index (χ2v) is 6.12. The van der Waals surface area contributed by atoms with Crippen molar-refractivity contribution < 1.29 is 23.7 Å². The molecule has 1 aromatic rings. The molecular formula is C18H25NO5. The number of hydrogen-bond acceptors (Lipinski definition) is 5. The summed E-state index contributed by atoms with van der Waals surface area (Å²) >= 11 is 0. The van der Waals surface area contributed by atoms with E-state index in [4.69, 9.17) is 25.4 Å². The summed E-state index contributed by atoms with van der Waals surface area (Å²) in [5.74, 6) is 4.06. The quantitative estimate of drug-likeness (QED) is 0.776. The third kappa shape index (κ3) is 7.14. The highest BCUT2D eigenvalue weighted by Crippen LogP contribution is 2.31. The number of benzene rings is 1. The van der Waals surface area contributed by atoms with Crippen molar-refractivity contribution in [1.82, 2.24) is 5.32 Å². The van der Waals surface area contributed by atoms with E-state index in [0.29, 0.717) is 23.8 Å². The topological polar surface area (TPSA) is 66.0 Å². The van der Waals surface area contributed by atoms with Crippen molar-refractivity contribution in [2.75, 3.05) is 20.3 Å². The average molecular weight is 335 g/mol. The lowest BCUT2D eigenvalue weighted by Gasteiger charge is -2.21. The van der Waals surface area contributed by atoms with Crippen LogP contribution in [0.5, 0.6) is 17.2 Å². The minimum absolute atomic E-state index is 0.159. The van der Waals surface area contributed by atoms with Crippen LogP contribution in [0.25, 0.3) is 0 Å². The predicted octanol–water partition coefficient (Wildman–Crippen LogP) is 3.00. The molecule has 132 valence electrons. The standard InChI is InChI=1S/C18H25NO5/c1-7-10-22-15-9-8-14(11-16(15)21-6)23-13(2)12-19-17(20)24-18(3,4)5/h1,8-9,11,13H,10,12H2,2-6H3,(H,19,20). The molecule has 0 saturated carbocycles. The van der Waals surface area contributed by atoms with Gasteiger partial charge in [-0.3, -0.25) is 0 Å². The number of nitrogens with one attached hydrogen (secondary N) is 1. The number of amides is 1. The van der Waals surface area contributed by atoms with Crippen LogP contribution in [-0.2, 0) is 4.74 Å². The molecule has 1 unspecified atom stereocenters. The summed E-state index contributed by atoms with van der Waals surface area (Å²) in [6.07, 6.45) is 4.45. The number of terminal acetylenes is 1. The van der Waals surface area contributed by atoms with Crippen molar-refractivity contribution in [1.29, 1.82) is 0 Å². The first-order chi connectivity index (χ1) is 11.2. The molecule has 0 spiro atoms. The zero-order valence-electron chi connectivity index (χ0n) is 14.8. The van der Waals surface area contributed by atoms with Gasteiger partial charge in [-0.05, 0) is 39.8 Å². The van der Waals surface area contributed by atoms with Gasteiger partial charge in [0.05, 0.1) is 13.7 Å². The molecular weight excluding hydrogens is 310 g/mol. The van der Waals surface area contributed by atoms with Crippen LogP contribution in [0.1, 0.15) is 27.7 Å². The third-order valence-corrected chi connectivity index (χ3v) is 2.72. The summed E-state index contributed by atoms with van der Waals surface area (Å²) in [7, 11) is 1.54. The smallest absolute Gasteiger partial charge is 0.407 e. The van der Waals surface area contributed by atoms with Gasteiger partial charge in [0, 0.05) is 6.07 Å². The first-order valence-corrected chi connectivity index (χ1v) is 7.63. The molecule has 0 radical (unpaired) electrons. The fourth-order valence-electron chi connectivity index (χ4n) is 1.78. The van der Waals surface area contributed by atoms with E-state index < -0.39 is 11.7 Å². The van der Waals surface area contributed by atoms with Gasteiger partial charge in [-0.1, -0.05) is 5.92 Å². The Kier molecular flexibility index (Phi) is 7.25. The Morgan fingerprint density at radius 1 is 1.33 bits per heavy atom. The number of alkyl carbamates (subject to hydrolysis) is 1. The lowest BCUT2D eigenvalue weighted by molar-refractivity contribution is 0.0505. The monoisotopic (exact) mass is 335 g/mol. The predicted molar refractivity (Wildman–Crippen MR) is 91.6 cm³/mol. The van der Waals surface area contributed by atoms with Gasteiger partial charge >= 0.3 is 6.09 Å². The van der Waals surface area contributed by atoms with Crippen LogP contribution >= 0.6 is 0 Å². The molecule has 1 rings (SSSR count). The first-order valence-electron chi connectivity index (χ1n) is 7.63. The van der Waals surface area contributed by atoms with Gasteiger partial charge in [0.1, 0.15) is 24.1 Å². The minimum atomic E-state index is -0.532. The highest BCUT2D eigenvalue weighted by Gasteiger charge is 2.17. The summed E-state index contributed by atoms with van der Waals surface area (Å²) < 4.78 is 21.5. The van der Waals surface area contributed by atoms with Crippen molar-refractivity contribution in [2.24, 2.45) is 0 Å². The molecule has 0 heterocycles. The summed E-state index contributed by atoms with van der Waals surface area (Å²) in [5.41, 5.74) is -0.532. The lowest BCUT2D eigenvalue weighted by Crippen LogP contribution is -2.37. The summed E-state index contributed by atoms with van der Waals surface area (Å²) in [5, 5.41) is 2.66. The average Bonchev–Trinajstić information content (AvgIpc) is 2.50.